The van der Waals surface area contributed by atoms with E-state index in [-0.39, 0.29) is 25.5 Å². The predicted octanol–water partition coefficient (Wildman–Crippen LogP) is 2.98. The molecule has 0 aromatic heterocycles. The van der Waals surface area contributed by atoms with E-state index in [1.54, 1.807) is 23.1 Å². The van der Waals surface area contributed by atoms with Gasteiger partial charge in [-0.25, -0.2) is 8.42 Å². The lowest BCUT2D eigenvalue weighted by atomic mass is 10.2. The molecule has 31 heavy (non-hydrogen) atoms. The van der Waals surface area contributed by atoms with Gasteiger partial charge in [-0.2, -0.15) is 17.5 Å². The van der Waals surface area contributed by atoms with E-state index in [9.17, 15) is 26.4 Å². The lowest BCUT2D eigenvalue weighted by Gasteiger charge is -2.33. The van der Waals surface area contributed by atoms with Crippen molar-refractivity contribution in [1.29, 1.82) is 0 Å². The molecular weight excluding hydrogens is 455 g/mol. The predicted molar refractivity (Wildman–Crippen MR) is 110 cm³/mol. The minimum Gasteiger partial charge on any atom is -0.351 e. The highest BCUT2D eigenvalue weighted by Gasteiger charge is 2.34. The van der Waals surface area contributed by atoms with Crippen LogP contribution in [0.2, 0.25) is 5.02 Å². The maximum atomic E-state index is 12.9. The quantitative estimate of drug-likeness (QED) is 0.697. The van der Waals surface area contributed by atoms with E-state index in [0.29, 0.717) is 30.7 Å². The van der Waals surface area contributed by atoms with E-state index in [0.717, 1.165) is 28.1 Å². The Morgan fingerprint density at radius 3 is 2.35 bits per heavy atom. The summed E-state index contributed by atoms with van der Waals surface area (Å²) in [7, 11) is -4.05. The fourth-order valence-electron chi connectivity index (χ4n) is 3.22. The Kier molecular flexibility index (Phi) is 7.25. The average molecular weight is 476 g/mol. The van der Waals surface area contributed by atoms with E-state index in [2.05, 4.69) is 5.32 Å². The molecule has 1 amide bonds. The van der Waals surface area contributed by atoms with Crippen LogP contribution in [0.5, 0.6) is 0 Å². The first kappa shape index (κ1) is 23.5. The van der Waals surface area contributed by atoms with Gasteiger partial charge in [0.2, 0.25) is 15.9 Å². The Bertz CT molecular complexity index is 1040. The molecule has 1 saturated heterocycles. The van der Waals surface area contributed by atoms with Crippen LogP contribution in [0, 0.1) is 0 Å². The third-order valence-corrected chi connectivity index (χ3v) is 7.01. The Morgan fingerprint density at radius 2 is 1.71 bits per heavy atom. The SMILES string of the molecule is O=C(CN1CCN(S(=O)(=O)c2cccc(C(F)(F)F)c2)CC1)NCc1cccc(Cl)c1. The van der Waals surface area contributed by atoms with Crippen LogP contribution < -0.4 is 5.32 Å². The fourth-order valence-corrected chi connectivity index (χ4v) is 4.90. The molecule has 1 aliphatic heterocycles. The van der Waals surface area contributed by atoms with Crippen LogP contribution in [-0.4, -0.2) is 56.3 Å². The maximum Gasteiger partial charge on any atom is 0.416 e. The van der Waals surface area contributed by atoms with Crippen molar-refractivity contribution < 1.29 is 26.4 Å². The van der Waals surface area contributed by atoms with Gasteiger partial charge in [0.05, 0.1) is 17.0 Å². The number of carbonyl (C=O) groups is 1. The number of piperazine rings is 1. The van der Waals surface area contributed by atoms with Crippen molar-refractivity contribution in [3.63, 3.8) is 0 Å². The first-order valence-corrected chi connectivity index (χ1v) is 11.3. The molecule has 0 saturated carbocycles. The molecule has 1 N–H and O–H groups in total. The Labute approximate surface area is 183 Å². The highest BCUT2D eigenvalue weighted by atomic mass is 35.5. The average Bonchev–Trinajstić information content (AvgIpc) is 2.72. The summed E-state index contributed by atoms with van der Waals surface area (Å²) in [6, 6.07) is 10.8. The van der Waals surface area contributed by atoms with Gasteiger partial charge in [0.1, 0.15) is 0 Å². The van der Waals surface area contributed by atoms with E-state index in [4.69, 9.17) is 11.6 Å². The summed E-state index contributed by atoms with van der Waals surface area (Å²) in [5.41, 5.74) is -0.151. The topological polar surface area (TPSA) is 69.7 Å². The molecule has 1 aliphatic rings. The van der Waals surface area contributed by atoms with Crippen LogP contribution in [0.4, 0.5) is 13.2 Å². The summed E-state index contributed by atoms with van der Waals surface area (Å²) in [5, 5.41) is 3.36. The number of alkyl halides is 3. The number of nitrogens with one attached hydrogen (secondary N) is 1. The van der Waals surface area contributed by atoms with Gasteiger partial charge in [0.25, 0.3) is 0 Å². The van der Waals surface area contributed by atoms with E-state index in [1.165, 1.54) is 0 Å². The molecule has 11 heteroatoms. The third kappa shape index (κ3) is 6.19. The first-order valence-electron chi connectivity index (χ1n) is 9.46. The third-order valence-electron chi connectivity index (χ3n) is 4.88. The number of sulfonamides is 1. The van der Waals surface area contributed by atoms with Gasteiger partial charge >= 0.3 is 6.18 Å². The molecule has 3 rings (SSSR count). The lowest BCUT2D eigenvalue weighted by Crippen LogP contribution is -2.51. The van der Waals surface area contributed by atoms with Crippen LogP contribution in [-0.2, 0) is 27.5 Å². The largest absolute Gasteiger partial charge is 0.416 e. The van der Waals surface area contributed by atoms with Crippen molar-refractivity contribution in [3.05, 3.63) is 64.7 Å². The van der Waals surface area contributed by atoms with Crippen LogP contribution in [0.1, 0.15) is 11.1 Å². The molecule has 0 atom stereocenters. The minimum atomic E-state index is -4.62. The summed E-state index contributed by atoms with van der Waals surface area (Å²) in [6.45, 7) is 1.17. The highest BCUT2D eigenvalue weighted by molar-refractivity contribution is 7.89. The van der Waals surface area contributed by atoms with E-state index in [1.807, 2.05) is 6.07 Å². The standard InChI is InChI=1S/C20H21ClF3N3O3S/c21-17-5-1-3-15(11-17)13-25-19(28)14-26-7-9-27(10-8-26)31(29,30)18-6-2-4-16(12-18)20(22,23)24/h1-6,11-12H,7-10,13-14H2,(H,25,28). The van der Waals surface area contributed by atoms with Crippen LogP contribution in [0.25, 0.3) is 0 Å². The van der Waals surface area contributed by atoms with Gasteiger partial charge in [-0.1, -0.05) is 29.8 Å². The smallest absolute Gasteiger partial charge is 0.351 e. The molecule has 0 radical (unpaired) electrons. The number of nitrogens with zero attached hydrogens (tertiary/aromatic N) is 2. The second-order valence-electron chi connectivity index (χ2n) is 7.11. The molecule has 2 aromatic carbocycles. The number of hydrogen-bond donors (Lipinski definition) is 1. The number of amides is 1. The van der Waals surface area contributed by atoms with Crippen molar-refractivity contribution in [3.8, 4) is 0 Å². The van der Waals surface area contributed by atoms with Gasteiger partial charge < -0.3 is 5.32 Å². The second kappa shape index (κ2) is 9.56. The summed E-state index contributed by atoms with van der Waals surface area (Å²) in [6.07, 6.45) is -4.62. The number of halogens is 4. The first-order chi connectivity index (χ1) is 14.6. The van der Waals surface area contributed by atoms with Crippen LogP contribution in [0.15, 0.2) is 53.4 Å². The highest BCUT2D eigenvalue weighted by Crippen LogP contribution is 2.31. The molecule has 2 aromatic rings. The Hall–Kier alpha value is -2.14. The van der Waals surface area contributed by atoms with Crippen molar-refractivity contribution >= 4 is 27.5 Å². The molecule has 0 bridgehead atoms. The number of rotatable bonds is 6. The Balaban J connectivity index is 1.53. The second-order valence-corrected chi connectivity index (χ2v) is 9.49. The fraction of sp³-hybridized carbons (Fsp3) is 0.350. The minimum absolute atomic E-state index is 0.0835. The van der Waals surface area contributed by atoms with Crippen LogP contribution >= 0.6 is 11.6 Å². The Morgan fingerprint density at radius 1 is 1.03 bits per heavy atom. The molecule has 1 heterocycles. The molecule has 6 nitrogen and oxygen atoms in total. The molecule has 168 valence electrons. The molecule has 0 aliphatic carbocycles. The van der Waals surface area contributed by atoms with Gasteiger partial charge in [0, 0.05) is 37.7 Å². The van der Waals surface area contributed by atoms with Crippen molar-refractivity contribution in [1.82, 2.24) is 14.5 Å². The van der Waals surface area contributed by atoms with Gasteiger partial charge in [-0.15, -0.1) is 0 Å². The summed E-state index contributed by atoms with van der Waals surface area (Å²) < 4.78 is 65.3. The zero-order valence-electron chi connectivity index (χ0n) is 16.4. The zero-order chi connectivity index (χ0) is 22.6. The molecule has 0 spiro atoms. The number of hydrogen-bond acceptors (Lipinski definition) is 4. The lowest BCUT2D eigenvalue weighted by molar-refractivity contribution is -0.137. The monoisotopic (exact) mass is 475 g/mol. The van der Waals surface area contributed by atoms with E-state index < -0.39 is 26.7 Å². The summed E-state index contributed by atoms with van der Waals surface area (Å²) in [4.78, 5) is 13.6. The van der Waals surface area contributed by atoms with Gasteiger partial charge in [-0.05, 0) is 35.9 Å². The molecule has 0 unspecified atom stereocenters. The maximum absolute atomic E-state index is 12.9. The molecular formula is C20H21ClF3N3O3S. The summed E-state index contributed by atoms with van der Waals surface area (Å²) >= 11 is 5.91. The van der Waals surface area contributed by atoms with Crippen LogP contribution in [0.3, 0.4) is 0 Å². The summed E-state index contributed by atoms with van der Waals surface area (Å²) in [5.74, 6) is -0.214. The van der Waals surface area contributed by atoms with Crippen molar-refractivity contribution in [2.24, 2.45) is 0 Å². The normalized spacial score (nSPS) is 16.3. The number of carbonyl (C=O) groups excluding carboxylic acids is 1. The number of benzene rings is 2. The van der Waals surface area contributed by atoms with Crippen molar-refractivity contribution in [2.45, 2.75) is 17.6 Å². The van der Waals surface area contributed by atoms with Crippen molar-refractivity contribution in [2.75, 3.05) is 32.7 Å². The molecule has 1 fully saturated rings. The van der Waals surface area contributed by atoms with E-state index >= 15 is 0 Å². The van der Waals surface area contributed by atoms with Gasteiger partial charge in [-0.3, -0.25) is 9.69 Å². The van der Waals surface area contributed by atoms with Gasteiger partial charge in [0.15, 0.2) is 0 Å². The zero-order valence-corrected chi connectivity index (χ0v) is 18.0.